The van der Waals surface area contributed by atoms with E-state index in [9.17, 15) is 4.79 Å². The van der Waals surface area contributed by atoms with Crippen LogP contribution in [0.1, 0.15) is 20.8 Å². The van der Waals surface area contributed by atoms with Gasteiger partial charge in [-0.15, -0.1) is 0 Å². The molecule has 2 rings (SSSR count). The van der Waals surface area contributed by atoms with Crippen LogP contribution in [0.15, 0.2) is 28.8 Å². The van der Waals surface area contributed by atoms with E-state index < -0.39 is 11.7 Å². The molecule has 21 heavy (non-hydrogen) atoms. The Hall–Kier alpha value is -2.21. The summed E-state index contributed by atoms with van der Waals surface area (Å²) in [5, 5.41) is 2.98. The number of nitrogens with zero attached hydrogens (tertiary/aromatic N) is 1. The number of nitrogens with two attached hydrogens (primary N) is 1. The highest BCUT2D eigenvalue weighted by atomic mass is 35.5. The number of nitrogen functional groups attached to an aromatic ring is 1. The number of halogens is 1. The highest BCUT2D eigenvalue weighted by Gasteiger charge is 2.17. The van der Waals surface area contributed by atoms with Crippen molar-refractivity contribution in [3.05, 3.63) is 29.4 Å². The molecule has 0 saturated carbocycles. The average molecular weight is 310 g/mol. The molecular weight excluding hydrogens is 294 g/mol. The van der Waals surface area contributed by atoms with Gasteiger partial charge in [0.1, 0.15) is 5.60 Å². The van der Waals surface area contributed by atoms with Gasteiger partial charge in [0.05, 0.1) is 16.9 Å². The maximum absolute atomic E-state index is 11.8. The summed E-state index contributed by atoms with van der Waals surface area (Å²) in [4.78, 5) is 15.6. The highest BCUT2D eigenvalue weighted by molar-refractivity contribution is 6.33. The Bertz CT molecular complexity index is 662. The number of carbonyl (C=O) groups is 1. The highest BCUT2D eigenvalue weighted by Crippen LogP contribution is 2.30. The molecule has 0 aliphatic carbocycles. The van der Waals surface area contributed by atoms with E-state index in [-0.39, 0.29) is 6.01 Å². The first-order valence-corrected chi connectivity index (χ1v) is 6.63. The number of amides is 1. The molecule has 1 aromatic heterocycles. The fourth-order valence-corrected chi connectivity index (χ4v) is 1.77. The summed E-state index contributed by atoms with van der Waals surface area (Å²) in [6.45, 7) is 5.34. The number of anilines is 2. The van der Waals surface area contributed by atoms with Crippen molar-refractivity contribution >= 4 is 29.4 Å². The Labute approximate surface area is 127 Å². The molecule has 0 bridgehead atoms. The largest absolute Gasteiger partial charge is 0.444 e. The predicted molar refractivity (Wildman–Crippen MR) is 81.2 cm³/mol. The zero-order valence-electron chi connectivity index (χ0n) is 11.9. The van der Waals surface area contributed by atoms with Crippen LogP contribution in [0.2, 0.25) is 5.02 Å². The fraction of sp³-hybridized carbons (Fsp3) is 0.286. The molecule has 3 N–H and O–H groups in total. The van der Waals surface area contributed by atoms with Gasteiger partial charge in [-0.1, -0.05) is 11.6 Å². The number of nitrogens with one attached hydrogen (secondary N) is 1. The molecule has 0 spiro atoms. The molecule has 0 radical (unpaired) electrons. The minimum atomic E-state index is -0.590. The van der Waals surface area contributed by atoms with Crippen molar-refractivity contribution in [2.24, 2.45) is 0 Å². The van der Waals surface area contributed by atoms with Gasteiger partial charge in [0, 0.05) is 5.56 Å². The number of hydrogen-bond donors (Lipinski definition) is 2. The number of rotatable bonds is 2. The summed E-state index contributed by atoms with van der Waals surface area (Å²) in [5.41, 5.74) is 5.96. The second-order valence-electron chi connectivity index (χ2n) is 5.38. The van der Waals surface area contributed by atoms with Crippen molar-refractivity contribution in [1.29, 1.82) is 0 Å². The first-order chi connectivity index (χ1) is 9.74. The molecule has 0 saturated heterocycles. The van der Waals surface area contributed by atoms with Crippen LogP contribution >= 0.6 is 11.6 Å². The SMILES string of the molecule is CC(C)(C)OC(=O)Nc1cc(-c2cnc(N)o2)ccc1Cl. The molecule has 0 aliphatic rings. The second kappa shape index (κ2) is 5.65. The van der Waals surface area contributed by atoms with E-state index in [4.69, 9.17) is 26.5 Å². The minimum Gasteiger partial charge on any atom is -0.444 e. The lowest BCUT2D eigenvalue weighted by molar-refractivity contribution is 0.0636. The number of benzene rings is 1. The van der Waals surface area contributed by atoms with E-state index in [1.165, 1.54) is 6.20 Å². The fourth-order valence-electron chi connectivity index (χ4n) is 1.61. The van der Waals surface area contributed by atoms with Crippen molar-refractivity contribution < 1.29 is 13.9 Å². The van der Waals surface area contributed by atoms with Crippen molar-refractivity contribution in [3.8, 4) is 11.3 Å². The first-order valence-electron chi connectivity index (χ1n) is 6.26. The Morgan fingerprint density at radius 2 is 2.14 bits per heavy atom. The summed E-state index contributed by atoms with van der Waals surface area (Å²) in [6, 6.07) is 5.11. The number of ether oxygens (including phenoxy) is 1. The monoisotopic (exact) mass is 309 g/mol. The van der Waals surface area contributed by atoms with Crippen molar-refractivity contribution in [2.75, 3.05) is 11.1 Å². The summed E-state index contributed by atoms with van der Waals surface area (Å²) < 4.78 is 10.4. The molecule has 0 fully saturated rings. The molecular formula is C14H16ClN3O3. The lowest BCUT2D eigenvalue weighted by atomic mass is 10.1. The molecule has 7 heteroatoms. The van der Waals surface area contributed by atoms with Gasteiger partial charge in [-0.3, -0.25) is 5.32 Å². The van der Waals surface area contributed by atoms with Crippen LogP contribution in [0.25, 0.3) is 11.3 Å². The normalized spacial score (nSPS) is 11.2. The van der Waals surface area contributed by atoms with Crippen LogP contribution in [0.3, 0.4) is 0 Å². The van der Waals surface area contributed by atoms with Crippen molar-refractivity contribution in [2.45, 2.75) is 26.4 Å². The quantitative estimate of drug-likeness (QED) is 0.877. The maximum Gasteiger partial charge on any atom is 0.412 e. The predicted octanol–water partition coefficient (Wildman–Crippen LogP) is 3.92. The third-order valence-corrected chi connectivity index (χ3v) is 2.74. The molecule has 112 valence electrons. The van der Waals surface area contributed by atoms with Gasteiger partial charge in [0.2, 0.25) is 0 Å². The van der Waals surface area contributed by atoms with Gasteiger partial charge in [-0.25, -0.2) is 9.78 Å². The molecule has 6 nitrogen and oxygen atoms in total. The molecule has 0 unspecified atom stereocenters. The van der Waals surface area contributed by atoms with Gasteiger partial charge in [0.25, 0.3) is 6.01 Å². The number of carbonyl (C=O) groups excluding carboxylic acids is 1. The minimum absolute atomic E-state index is 0.0709. The van der Waals surface area contributed by atoms with Crippen LogP contribution in [-0.4, -0.2) is 16.7 Å². The van der Waals surface area contributed by atoms with Gasteiger partial charge < -0.3 is 14.9 Å². The van der Waals surface area contributed by atoms with Crippen LogP contribution < -0.4 is 11.1 Å². The third kappa shape index (κ3) is 4.13. The van der Waals surface area contributed by atoms with E-state index in [2.05, 4.69) is 10.3 Å². The smallest absolute Gasteiger partial charge is 0.412 e. The van der Waals surface area contributed by atoms with Gasteiger partial charge in [-0.05, 0) is 39.0 Å². The van der Waals surface area contributed by atoms with E-state index in [0.717, 1.165) is 0 Å². The van der Waals surface area contributed by atoms with Gasteiger partial charge in [0.15, 0.2) is 5.76 Å². The van der Waals surface area contributed by atoms with Gasteiger partial charge in [-0.2, -0.15) is 0 Å². The zero-order chi connectivity index (χ0) is 15.6. The Morgan fingerprint density at radius 1 is 1.43 bits per heavy atom. The molecule has 1 aromatic carbocycles. The standard InChI is InChI=1S/C14H16ClN3O3/c1-14(2,3)21-13(19)18-10-6-8(4-5-9(10)15)11-7-17-12(16)20-11/h4-7H,1-3H3,(H2,16,17)(H,18,19). The van der Waals surface area contributed by atoms with E-state index in [1.54, 1.807) is 39.0 Å². The number of aromatic nitrogens is 1. The Kier molecular flexibility index (Phi) is 4.09. The summed E-state index contributed by atoms with van der Waals surface area (Å²) >= 11 is 6.06. The molecule has 0 atom stereocenters. The number of oxazole rings is 1. The second-order valence-corrected chi connectivity index (χ2v) is 5.79. The van der Waals surface area contributed by atoms with Crippen molar-refractivity contribution in [3.63, 3.8) is 0 Å². The van der Waals surface area contributed by atoms with Crippen LogP contribution in [0, 0.1) is 0 Å². The summed E-state index contributed by atoms with van der Waals surface area (Å²) in [6.07, 6.45) is 0.911. The number of hydrogen-bond acceptors (Lipinski definition) is 5. The van der Waals surface area contributed by atoms with Crippen LogP contribution in [0.4, 0.5) is 16.5 Å². The topological polar surface area (TPSA) is 90.4 Å². The molecule has 0 aliphatic heterocycles. The average Bonchev–Trinajstić information content (AvgIpc) is 2.76. The van der Waals surface area contributed by atoms with E-state index in [0.29, 0.717) is 22.0 Å². The molecule has 1 heterocycles. The zero-order valence-corrected chi connectivity index (χ0v) is 12.7. The lowest BCUT2D eigenvalue weighted by Crippen LogP contribution is -2.27. The maximum atomic E-state index is 11.8. The van der Waals surface area contributed by atoms with Gasteiger partial charge >= 0.3 is 6.09 Å². The lowest BCUT2D eigenvalue weighted by Gasteiger charge is -2.20. The van der Waals surface area contributed by atoms with E-state index in [1.807, 2.05) is 0 Å². The van der Waals surface area contributed by atoms with Crippen LogP contribution in [0.5, 0.6) is 0 Å². The van der Waals surface area contributed by atoms with E-state index >= 15 is 0 Å². The van der Waals surface area contributed by atoms with Crippen molar-refractivity contribution in [1.82, 2.24) is 4.98 Å². The Morgan fingerprint density at radius 3 is 2.71 bits per heavy atom. The molecule has 2 aromatic rings. The Balaban J connectivity index is 2.22. The summed E-state index contributed by atoms with van der Waals surface area (Å²) in [5.74, 6) is 0.483. The first kappa shape index (κ1) is 15.2. The summed E-state index contributed by atoms with van der Waals surface area (Å²) in [7, 11) is 0. The molecule has 1 amide bonds. The third-order valence-electron chi connectivity index (χ3n) is 2.41. The van der Waals surface area contributed by atoms with Crippen LogP contribution in [-0.2, 0) is 4.74 Å².